The molecule has 2 aromatic rings. The van der Waals surface area contributed by atoms with E-state index in [1.165, 1.54) is 0 Å². The second-order valence-corrected chi connectivity index (χ2v) is 8.43. The van der Waals surface area contributed by atoms with E-state index in [-0.39, 0.29) is 17.7 Å². The Bertz CT molecular complexity index is 983. The van der Waals surface area contributed by atoms with Gasteiger partial charge in [0.15, 0.2) is 0 Å². The van der Waals surface area contributed by atoms with Gasteiger partial charge in [-0.1, -0.05) is 6.07 Å². The molecule has 2 heterocycles. The summed E-state index contributed by atoms with van der Waals surface area (Å²) in [7, 11) is 0. The van der Waals surface area contributed by atoms with E-state index >= 15 is 0 Å². The Balaban J connectivity index is 1.55. The molecule has 2 N–H and O–H groups in total. The van der Waals surface area contributed by atoms with Gasteiger partial charge in [0, 0.05) is 47.0 Å². The van der Waals surface area contributed by atoms with Gasteiger partial charge in [-0.2, -0.15) is 0 Å². The molecule has 0 saturated carbocycles. The average molecular weight is 410 g/mol. The van der Waals surface area contributed by atoms with Crippen LogP contribution in [0.2, 0.25) is 0 Å². The molecule has 0 atom stereocenters. The van der Waals surface area contributed by atoms with Gasteiger partial charge in [0.2, 0.25) is 5.91 Å². The van der Waals surface area contributed by atoms with Crippen molar-refractivity contribution >= 4 is 40.9 Å². The first-order valence-corrected chi connectivity index (χ1v) is 10.8. The molecule has 29 heavy (non-hydrogen) atoms. The van der Waals surface area contributed by atoms with Crippen LogP contribution in [-0.4, -0.2) is 41.5 Å². The van der Waals surface area contributed by atoms with Crippen molar-refractivity contribution in [2.24, 2.45) is 0 Å². The van der Waals surface area contributed by atoms with Gasteiger partial charge in [0.1, 0.15) is 0 Å². The fraction of sp³-hybridized carbons (Fsp3) is 0.318. The summed E-state index contributed by atoms with van der Waals surface area (Å²) >= 11 is 1.60. The molecule has 1 saturated heterocycles. The number of nitrogens with zero attached hydrogens (tertiary/aromatic N) is 1. The zero-order valence-electron chi connectivity index (χ0n) is 16.3. The molecule has 1 fully saturated rings. The van der Waals surface area contributed by atoms with E-state index < -0.39 is 0 Å². The Morgan fingerprint density at radius 1 is 1.14 bits per heavy atom. The number of nitrogens with one attached hydrogen (secondary N) is 2. The molecule has 0 spiro atoms. The van der Waals surface area contributed by atoms with E-state index in [2.05, 4.69) is 10.6 Å². The Kier molecular flexibility index (Phi) is 5.58. The quantitative estimate of drug-likeness (QED) is 0.805. The number of anilines is 2. The third-order valence-corrected chi connectivity index (χ3v) is 6.38. The molecule has 150 valence electrons. The Morgan fingerprint density at radius 2 is 1.93 bits per heavy atom. The maximum Gasteiger partial charge on any atom is 0.255 e. The maximum absolute atomic E-state index is 12.8. The highest BCUT2D eigenvalue weighted by Gasteiger charge is 2.22. The van der Waals surface area contributed by atoms with Gasteiger partial charge in [-0.25, -0.2) is 0 Å². The summed E-state index contributed by atoms with van der Waals surface area (Å²) in [6, 6.07) is 10.7. The van der Waals surface area contributed by atoms with Gasteiger partial charge >= 0.3 is 0 Å². The second kappa shape index (κ2) is 8.29. The third-order valence-electron chi connectivity index (χ3n) is 5.31. The van der Waals surface area contributed by atoms with Gasteiger partial charge in [0.05, 0.1) is 5.69 Å². The molecular formula is C22H23N3O3S. The summed E-state index contributed by atoms with van der Waals surface area (Å²) in [6.07, 6.45) is 2.53. The van der Waals surface area contributed by atoms with Crippen LogP contribution in [0, 0.1) is 6.92 Å². The minimum atomic E-state index is -0.273. The van der Waals surface area contributed by atoms with Crippen LogP contribution in [0.3, 0.4) is 0 Å². The van der Waals surface area contributed by atoms with Crippen molar-refractivity contribution in [3.8, 4) is 0 Å². The monoisotopic (exact) mass is 409 g/mol. The van der Waals surface area contributed by atoms with E-state index in [0.29, 0.717) is 28.9 Å². The molecule has 2 aliphatic rings. The van der Waals surface area contributed by atoms with Crippen LogP contribution in [0.4, 0.5) is 11.4 Å². The van der Waals surface area contributed by atoms with Crippen molar-refractivity contribution in [3.63, 3.8) is 0 Å². The molecule has 7 heteroatoms. The number of thioether (sulfide) groups is 1. The first-order valence-electron chi connectivity index (χ1n) is 9.80. The molecule has 0 unspecified atom stereocenters. The Morgan fingerprint density at radius 3 is 2.72 bits per heavy atom. The van der Waals surface area contributed by atoms with Gasteiger partial charge < -0.3 is 15.5 Å². The zero-order valence-corrected chi connectivity index (χ0v) is 17.1. The Hall–Kier alpha value is -2.80. The second-order valence-electron chi connectivity index (χ2n) is 7.29. The van der Waals surface area contributed by atoms with E-state index in [0.717, 1.165) is 42.1 Å². The Labute approximate surface area is 174 Å². The highest BCUT2D eigenvalue weighted by Crippen LogP contribution is 2.32. The van der Waals surface area contributed by atoms with Gasteiger partial charge in [-0.15, -0.1) is 11.8 Å². The number of amides is 3. The number of hydrogen-bond donors (Lipinski definition) is 2. The summed E-state index contributed by atoms with van der Waals surface area (Å²) in [6.45, 7) is 3.42. The number of likely N-dealkylation sites (tertiary alicyclic amines) is 1. The molecule has 2 aliphatic heterocycles. The molecule has 0 aliphatic carbocycles. The van der Waals surface area contributed by atoms with Crippen LogP contribution in [0.15, 0.2) is 41.3 Å². The number of carbonyl (C=O) groups is 3. The molecule has 6 nitrogen and oxygen atoms in total. The van der Waals surface area contributed by atoms with E-state index in [1.807, 2.05) is 17.9 Å². The van der Waals surface area contributed by atoms with Crippen molar-refractivity contribution in [2.45, 2.75) is 31.1 Å². The van der Waals surface area contributed by atoms with E-state index in [1.54, 1.807) is 42.1 Å². The van der Waals surface area contributed by atoms with E-state index in [9.17, 15) is 14.4 Å². The lowest BCUT2D eigenvalue weighted by atomic mass is 10.0. The lowest BCUT2D eigenvalue weighted by molar-refractivity contribution is -0.115. The van der Waals surface area contributed by atoms with Gasteiger partial charge in [-0.05, 0) is 55.7 Å². The third kappa shape index (κ3) is 4.15. The SMILES string of the molecule is Cc1c(NC(=O)c2ccc3c(c2)NC(=O)CCS3)cccc1C(=O)N1CCCC1. The molecule has 0 bridgehead atoms. The standard InChI is InChI=1S/C22H23N3O3S/c1-14-16(22(28)25-10-2-3-11-25)5-4-6-17(14)24-21(27)15-7-8-19-18(13-15)23-20(26)9-12-29-19/h4-8,13H,2-3,9-12H2,1H3,(H,23,26)(H,24,27). The number of benzene rings is 2. The van der Waals surface area contributed by atoms with Crippen molar-refractivity contribution in [2.75, 3.05) is 29.5 Å². The number of hydrogen-bond acceptors (Lipinski definition) is 4. The predicted molar refractivity (Wildman–Crippen MR) is 115 cm³/mol. The topological polar surface area (TPSA) is 78.5 Å². The lowest BCUT2D eigenvalue weighted by Gasteiger charge is -2.18. The van der Waals surface area contributed by atoms with Crippen LogP contribution in [-0.2, 0) is 4.79 Å². The van der Waals surface area contributed by atoms with Crippen molar-refractivity contribution in [3.05, 3.63) is 53.1 Å². The number of fused-ring (bicyclic) bond motifs is 1. The summed E-state index contributed by atoms with van der Waals surface area (Å²) < 4.78 is 0. The van der Waals surface area contributed by atoms with Crippen molar-refractivity contribution in [1.29, 1.82) is 0 Å². The largest absolute Gasteiger partial charge is 0.339 e. The van der Waals surface area contributed by atoms with Crippen LogP contribution < -0.4 is 10.6 Å². The van der Waals surface area contributed by atoms with Gasteiger partial charge in [-0.3, -0.25) is 14.4 Å². The molecule has 0 radical (unpaired) electrons. The van der Waals surface area contributed by atoms with E-state index in [4.69, 9.17) is 0 Å². The summed E-state index contributed by atoms with van der Waals surface area (Å²) in [4.78, 5) is 40.2. The number of rotatable bonds is 3. The fourth-order valence-electron chi connectivity index (χ4n) is 3.65. The molecule has 0 aromatic heterocycles. The summed E-state index contributed by atoms with van der Waals surface area (Å²) in [5.74, 6) is 0.422. The van der Waals surface area contributed by atoms with Crippen LogP contribution in [0.1, 0.15) is 45.5 Å². The first-order chi connectivity index (χ1) is 14.0. The predicted octanol–water partition coefficient (Wildman–Crippen LogP) is 3.92. The highest BCUT2D eigenvalue weighted by molar-refractivity contribution is 7.99. The molecular weight excluding hydrogens is 386 g/mol. The van der Waals surface area contributed by atoms with Crippen molar-refractivity contribution < 1.29 is 14.4 Å². The molecule has 2 aromatic carbocycles. The zero-order chi connectivity index (χ0) is 20.4. The molecule has 4 rings (SSSR count). The smallest absolute Gasteiger partial charge is 0.255 e. The minimum absolute atomic E-state index is 0.0147. The molecule has 3 amide bonds. The first kappa shape index (κ1) is 19.5. The average Bonchev–Trinajstić information content (AvgIpc) is 3.18. The van der Waals surface area contributed by atoms with Crippen molar-refractivity contribution in [1.82, 2.24) is 4.90 Å². The number of carbonyl (C=O) groups excluding carboxylic acids is 3. The van der Waals surface area contributed by atoms with Crippen LogP contribution >= 0.6 is 11.8 Å². The summed E-state index contributed by atoms with van der Waals surface area (Å²) in [5.41, 5.74) is 3.13. The summed E-state index contributed by atoms with van der Waals surface area (Å²) in [5, 5.41) is 5.78. The van der Waals surface area contributed by atoms with Crippen LogP contribution in [0.5, 0.6) is 0 Å². The normalized spacial score (nSPS) is 16.0. The lowest BCUT2D eigenvalue weighted by Crippen LogP contribution is -2.28. The van der Waals surface area contributed by atoms with Crippen LogP contribution in [0.25, 0.3) is 0 Å². The maximum atomic E-state index is 12.8. The fourth-order valence-corrected chi connectivity index (χ4v) is 4.59. The minimum Gasteiger partial charge on any atom is -0.339 e. The highest BCUT2D eigenvalue weighted by atomic mass is 32.2. The van der Waals surface area contributed by atoms with Gasteiger partial charge in [0.25, 0.3) is 11.8 Å².